The van der Waals surface area contributed by atoms with Crippen molar-refractivity contribution in [2.75, 3.05) is 0 Å². The zero-order chi connectivity index (χ0) is 13.3. The molecular formula is C14H15NO3. The predicted octanol–water partition coefficient (Wildman–Crippen LogP) is 2.83. The molecule has 94 valence electrons. The summed E-state index contributed by atoms with van der Waals surface area (Å²) in [5, 5.41) is 9.48. The van der Waals surface area contributed by atoms with Crippen LogP contribution in [0.1, 0.15) is 34.3 Å². The number of nitrogens with one attached hydrogen (secondary N) is 1. The molecule has 2 rings (SSSR count). The van der Waals surface area contributed by atoms with E-state index in [1.54, 1.807) is 6.20 Å². The van der Waals surface area contributed by atoms with E-state index in [1.807, 2.05) is 26.0 Å². The van der Waals surface area contributed by atoms with E-state index < -0.39 is 5.97 Å². The molecule has 0 aliphatic rings. The highest BCUT2D eigenvalue weighted by atomic mass is 16.4. The molecule has 0 bridgehead atoms. The van der Waals surface area contributed by atoms with Gasteiger partial charge in [-0.25, -0.2) is 0 Å². The van der Waals surface area contributed by atoms with Gasteiger partial charge < -0.3 is 10.1 Å². The van der Waals surface area contributed by atoms with E-state index in [1.165, 1.54) is 0 Å². The van der Waals surface area contributed by atoms with Crippen molar-refractivity contribution in [3.8, 4) is 0 Å². The summed E-state index contributed by atoms with van der Waals surface area (Å²) >= 11 is 0. The van der Waals surface area contributed by atoms with Gasteiger partial charge in [0.1, 0.15) is 0 Å². The molecule has 0 unspecified atom stereocenters. The van der Waals surface area contributed by atoms with Crippen molar-refractivity contribution in [1.29, 1.82) is 0 Å². The highest BCUT2D eigenvalue weighted by Crippen LogP contribution is 2.24. The van der Waals surface area contributed by atoms with E-state index >= 15 is 0 Å². The van der Waals surface area contributed by atoms with Gasteiger partial charge in [0, 0.05) is 29.1 Å². The normalized spacial score (nSPS) is 10.8. The molecule has 0 spiro atoms. The second-order valence-electron chi connectivity index (χ2n) is 4.52. The van der Waals surface area contributed by atoms with Crippen molar-refractivity contribution in [3.63, 3.8) is 0 Å². The molecule has 1 aromatic heterocycles. The molecule has 0 atom stereocenters. The lowest BCUT2D eigenvalue weighted by Gasteiger charge is -2.01. The number of fused-ring (bicyclic) bond motifs is 1. The number of ketones is 1. The number of benzene rings is 1. The third-order valence-electron chi connectivity index (χ3n) is 3.00. The van der Waals surface area contributed by atoms with Crippen molar-refractivity contribution < 1.29 is 14.7 Å². The molecule has 0 aliphatic carbocycles. The van der Waals surface area contributed by atoms with Gasteiger partial charge >= 0.3 is 5.97 Å². The fraction of sp³-hybridized carbons (Fsp3) is 0.286. The van der Waals surface area contributed by atoms with Crippen LogP contribution < -0.4 is 0 Å². The molecule has 0 amide bonds. The van der Waals surface area contributed by atoms with E-state index in [0.29, 0.717) is 5.56 Å². The molecule has 1 aromatic carbocycles. The van der Waals surface area contributed by atoms with Crippen LogP contribution >= 0.6 is 0 Å². The molecule has 0 radical (unpaired) electrons. The maximum atomic E-state index is 12.0. The highest BCUT2D eigenvalue weighted by molar-refractivity contribution is 6.09. The number of rotatable bonds is 4. The lowest BCUT2D eigenvalue weighted by Crippen LogP contribution is -2.03. The Morgan fingerprint density at radius 2 is 1.94 bits per heavy atom. The summed E-state index contributed by atoms with van der Waals surface area (Å²) in [7, 11) is 0. The van der Waals surface area contributed by atoms with Crippen molar-refractivity contribution in [2.45, 2.75) is 26.7 Å². The first kappa shape index (κ1) is 12.4. The van der Waals surface area contributed by atoms with Crippen LogP contribution in [0.25, 0.3) is 10.9 Å². The third-order valence-corrected chi connectivity index (χ3v) is 3.00. The predicted molar refractivity (Wildman–Crippen MR) is 69.0 cm³/mol. The van der Waals surface area contributed by atoms with Gasteiger partial charge in [0.15, 0.2) is 5.78 Å². The first-order valence-corrected chi connectivity index (χ1v) is 5.82. The number of H-pyrrole nitrogens is 1. The van der Waals surface area contributed by atoms with Gasteiger partial charge in [0.2, 0.25) is 0 Å². The SMILES string of the molecule is Cc1cc(C)c2[nH]cc(C(=O)CCC(=O)O)c2c1. The number of carboxylic acids is 1. The first-order valence-electron chi connectivity index (χ1n) is 5.82. The number of carbonyl (C=O) groups excluding carboxylic acids is 1. The molecule has 4 heteroatoms. The van der Waals surface area contributed by atoms with Gasteiger partial charge in [-0.05, 0) is 25.5 Å². The molecule has 1 heterocycles. The Bertz CT molecular complexity index is 625. The molecule has 0 saturated heterocycles. The number of Topliss-reactive ketones (excluding diaryl/α,β-unsaturated/α-hetero) is 1. The van der Waals surface area contributed by atoms with Crippen LogP contribution in [0.15, 0.2) is 18.3 Å². The monoisotopic (exact) mass is 245 g/mol. The lowest BCUT2D eigenvalue weighted by molar-refractivity contribution is -0.136. The van der Waals surface area contributed by atoms with E-state index in [0.717, 1.165) is 22.0 Å². The minimum atomic E-state index is -0.949. The van der Waals surface area contributed by atoms with Crippen molar-refractivity contribution >= 4 is 22.7 Å². The second kappa shape index (κ2) is 4.64. The summed E-state index contributed by atoms with van der Waals surface area (Å²) in [5.74, 6) is -1.08. The number of carboxylic acid groups (broad SMARTS) is 1. The van der Waals surface area contributed by atoms with Gasteiger partial charge in [0.05, 0.1) is 6.42 Å². The maximum Gasteiger partial charge on any atom is 0.303 e. The topological polar surface area (TPSA) is 70.2 Å². The summed E-state index contributed by atoms with van der Waals surface area (Å²) in [6.45, 7) is 3.96. The first-order chi connectivity index (χ1) is 8.49. The van der Waals surface area contributed by atoms with Gasteiger partial charge in [-0.15, -0.1) is 0 Å². The fourth-order valence-corrected chi connectivity index (χ4v) is 2.18. The standard InChI is InChI=1S/C14H15NO3/c1-8-5-9(2)14-10(6-8)11(7-15-14)12(16)3-4-13(17)18/h5-7,15H,3-4H2,1-2H3,(H,17,18). The molecule has 2 aromatic rings. The molecule has 0 aliphatic heterocycles. The third kappa shape index (κ3) is 2.27. The van der Waals surface area contributed by atoms with Gasteiger partial charge in [-0.1, -0.05) is 11.6 Å². The van der Waals surface area contributed by atoms with E-state index in [9.17, 15) is 9.59 Å². The molecule has 0 fully saturated rings. The minimum absolute atomic E-state index is 0.0370. The zero-order valence-electron chi connectivity index (χ0n) is 10.4. The Kier molecular flexibility index (Phi) is 3.19. The van der Waals surface area contributed by atoms with E-state index in [2.05, 4.69) is 4.98 Å². The number of aliphatic carboxylic acids is 1. The van der Waals surface area contributed by atoms with E-state index in [-0.39, 0.29) is 18.6 Å². The smallest absolute Gasteiger partial charge is 0.303 e. The van der Waals surface area contributed by atoms with Crippen molar-refractivity contribution in [3.05, 3.63) is 35.0 Å². The van der Waals surface area contributed by atoms with Crippen LogP contribution in [0.2, 0.25) is 0 Å². The summed E-state index contributed by atoms with van der Waals surface area (Å²) in [6, 6.07) is 4.00. The van der Waals surface area contributed by atoms with Crippen molar-refractivity contribution in [1.82, 2.24) is 4.98 Å². The number of aromatic amines is 1. The average Bonchev–Trinajstić information content (AvgIpc) is 2.69. The second-order valence-corrected chi connectivity index (χ2v) is 4.52. The number of hydrogen-bond acceptors (Lipinski definition) is 2. The largest absolute Gasteiger partial charge is 0.481 e. The Morgan fingerprint density at radius 3 is 2.61 bits per heavy atom. The summed E-state index contributed by atoms with van der Waals surface area (Å²) < 4.78 is 0. The van der Waals surface area contributed by atoms with Crippen LogP contribution in [-0.4, -0.2) is 21.8 Å². The van der Waals surface area contributed by atoms with Gasteiger partial charge in [0.25, 0.3) is 0 Å². The fourth-order valence-electron chi connectivity index (χ4n) is 2.18. The van der Waals surface area contributed by atoms with Crippen LogP contribution in [0, 0.1) is 13.8 Å². The van der Waals surface area contributed by atoms with Gasteiger partial charge in [-0.3, -0.25) is 9.59 Å². The number of aryl methyl sites for hydroxylation is 2. The number of aromatic nitrogens is 1. The zero-order valence-corrected chi connectivity index (χ0v) is 10.4. The van der Waals surface area contributed by atoms with Crippen molar-refractivity contribution in [2.24, 2.45) is 0 Å². The molecule has 18 heavy (non-hydrogen) atoms. The van der Waals surface area contributed by atoms with Gasteiger partial charge in [-0.2, -0.15) is 0 Å². The quantitative estimate of drug-likeness (QED) is 0.814. The Balaban J connectivity index is 2.40. The highest BCUT2D eigenvalue weighted by Gasteiger charge is 2.14. The van der Waals surface area contributed by atoms with E-state index in [4.69, 9.17) is 5.11 Å². The Morgan fingerprint density at radius 1 is 1.22 bits per heavy atom. The van der Waals surface area contributed by atoms with Crippen LogP contribution in [-0.2, 0) is 4.79 Å². The average molecular weight is 245 g/mol. The molecule has 0 saturated carbocycles. The number of carbonyl (C=O) groups is 2. The summed E-state index contributed by atoms with van der Waals surface area (Å²) in [6.07, 6.45) is 1.58. The Hall–Kier alpha value is -2.10. The van der Waals surface area contributed by atoms with Crippen LogP contribution in [0.5, 0.6) is 0 Å². The lowest BCUT2D eigenvalue weighted by atomic mass is 10.0. The maximum absolute atomic E-state index is 12.0. The van der Waals surface area contributed by atoms with Crippen LogP contribution in [0.3, 0.4) is 0 Å². The molecule has 2 N–H and O–H groups in total. The van der Waals surface area contributed by atoms with Crippen LogP contribution in [0.4, 0.5) is 0 Å². The summed E-state index contributed by atoms with van der Waals surface area (Å²) in [4.78, 5) is 25.5. The minimum Gasteiger partial charge on any atom is -0.481 e. The Labute approximate surface area is 105 Å². The summed E-state index contributed by atoms with van der Waals surface area (Å²) in [5.41, 5.74) is 3.70. The molecular weight excluding hydrogens is 230 g/mol. The molecule has 4 nitrogen and oxygen atoms in total. The number of hydrogen-bond donors (Lipinski definition) is 2.